The normalized spacial score (nSPS) is 14.6. The first-order valence-corrected chi connectivity index (χ1v) is 3.52. The van der Waals surface area contributed by atoms with E-state index in [-0.39, 0.29) is 12.1 Å². The minimum absolute atomic E-state index is 0.0107. The van der Waals surface area contributed by atoms with Gasteiger partial charge in [-0.3, -0.25) is 5.21 Å². The third kappa shape index (κ3) is 5.63. The van der Waals surface area contributed by atoms with Crippen molar-refractivity contribution in [3.05, 3.63) is 0 Å². The summed E-state index contributed by atoms with van der Waals surface area (Å²) in [5, 5.41) is 8.23. The standard InChI is InChI=1S/C6H15N3O2/c1-3-11-5(2)4-8-6(7)9-10/h5,10H,3-4H2,1-2H3,(H3,7,8,9). The highest BCUT2D eigenvalue weighted by molar-refractivity contribution is 5.76. The zero-order valence-electron chi connectivity index (χ0n) is 6.87. The lowest BCUT2D eigenvalue weighted by Gasteiger charge is -2.07. The molecule has 0 aromatic heterocycles. The van der Waals surface area contributed by atoms with Crippen molar-refractivity contribution in [1.29, 1.82) is 0 Å². The van der Waals surface area contributed by atoms with Gasteiger partial charge < -0.3 is 10.5 Å². The fourth-order valence-corrected chi connectivity index (χ4v) is 0.599. The molecule has 0 spiro atoms. The first-order chi connectivity index (χ1) is 5.20. The van der Waals surface area contributed by atoms with Crippen molar-refractivity contribution in [2.45, 2.75) is 20.0 Å². The van der Waals surface area contributed by atoms with Gasteiger partial charge in [0.25, 0.3) is 0 Å². The Hall–Kier alpha value is -0.810. The van der Waals surface area contributed by atoms with Crippen LogP contribution in [-0.4, -0.2) is 30.4 Å². The lowest BCUT2D eigenvalue weighted by Crippen LogP contribution is -2.29. The van der Waals surface area contributed by atoms with Gasteiger partial charge in [-0.25, -0.2) is 10.5 Å². The zero-order chi connectivity index (χ0) is 8.69. The van der Waals surface area contributed by atoms with Crippen LogP contribution in [0.5, 0.6) is 0 Å². The van der Waals surface area contributed by atoms with Crippen LogP contribution in [0.1, 0.15) is 13.8 Å². The van der Waals surface area contributed by atoms with Crippen LogP contribution in [0.25, 0.3) is 0 Å². The fraction of sp³-hybridized carbons (Fsp3) is 0.833. The van der Waals surface area contributed by atoms with Gasteiger partial charge in [0.2, 0.25) is 5.96 Å². The average molecular weight is 161 g/mol. The van der Waals surface area contributed by atoms with Crippen LogP contribution >= 0.6 is 0 Å². The summed E-state index contributed by atoms with van der Waals surface area (Å²) in [4.78, 5) is 3.77. The molecule has 0 saturated heterocycles. The largest absolute Gasteiger partial charge is 0.377 e. The van der Waals surface area contributed by atoms with Crippen molar-refractivity contribution < 1.29 is 9.94 Å². The van der Waals surface area contributed by atoms with E-state index in [9.17, 15) is 0 Å². The number of nitrogens with zero attached hydrogens (tertiary/aromatic N) is 1. The van der Waals surface area contributed by atoms with Gasteiger partial charge in [0.15, 0.2) is 0 Å². The smallest absolute Gasteiger partial charge is 0.212 e. The molecule has 0 aliphatic carbocycles. The van der Waals surface area contributed by atoms with Gasteiger partial charge >= 0.3 is 0 Å². The lowest BCUT2D eigenvalue weighted by atomic mass is 10.4. The van der Waals surface area contributed by atoms with E-state index in [2.05, 4.69) is 4.99 Å². The number of nitrogens with two attached hydrogens (primary N) is 1. The highest BCUT2D eigenvalue weighted by Crippen LogP contribution is 1.89. The number of nitrogens with one attached hydrogen (secondary N) is 1. The number of ether oxygens (including phenoxy) is 1. The van der Waals surface area contributed by atoms with Gasteiger partial charge in [0.05, 0.1) is 12.6 Å². The quantitative estimate of drug-likeness (QED) is 0.300. The molecular weight excluding hydrogens is 146 g/mol. The van der Waals surface area contributed by atoms with Gasteiger partial charge in [0.1, 0.15) is 0 Å². The molecule has 0 bridgehead atoms. The molecular formula is C6H15N3O2. The Morgan fingerprint density at radius 3 is 2.91 bits per heavy atom. The Labute approximate surface area is 66.2 Å². The molecule has 11 heavy (non-hydrogen) atoms. The highest BCUT2D eigenvalue weighted by Gasteiger charge is 1.98. The second kappa shape index (κ2) is 5.94. The monoisotopic (exact) mass is 161 g/mol. The third-order valence-corrected chi connectivity index (χ3v) is 1.08. The molecule has 0 saturated carbocycles. The highest BCUT2D eigenvalue weighted by atomic mass is 16.5. The van der Waals surface area contributed by atoms with E-state index in [0.717, 1.165) is 0 Å². The molecule has 5 heteroatoms. The Morgan fingerprint density at radius 2 is 2.45 bits per heavy atom. The maximum Gasteiger partial charge on any atom is 0.212 e. The Morgan fingerprint density at radius 1 is 1.82 bits per heavy atom. The van der Waals surface area contributed by atoms with Crippen LogP contribution in [-0.2, 0) is 4.74 Å². The molecule has 1 unspecified atom stereocenters. The van der Waals surface area contributed by atoms with Crippen molar-refractivity contribution in [1.82, 2.24) is 5.48 Å². The molecule has 0 amide bonds. The number of hydrogen-bond acceptors (Lipinski definition) is 3. The van der Waals surface area contributed by atoms with Crippen molar-refractivity contribution in [3.8, 4) is 0 Å². The summed E-state index contributed by atoms with van der Waals surface area (Å²) in [6.45, 7) is 4.90. The molecule has 4 N–H and O–H groups in total. The number of rotatable bonds is 4. The van der Waals surface area contributed by atoms with Gasteiger partial charge in [-0.05, 0) is 13.8 Å². The second-order valence-electron chi connectivity index (χ2n) is 2.10. The van der Waals surface area contributed by atoms with Crippen LogP contribution in [0, 0.1) is 0 Å². The van der Waals surface area contributed by atoms with E-state index in [1.54, 1.807) is 5.48 Å². The molecule has 0 radical (unpaired) electrons. The summed E-state index contributed by atoms with van der Waals surface area (Å²) >= 11 is 0. The summed E-state index contributed by atoms with van der Waals surface area (Å²) in [5.74, 6) is 0.0107. The summed E-state index contributed by atoms with van der Waals surface area (Å²) in [5.41, 5.74) is 6.89. The number of guanidine groups is 1. The number of hydrogen-bond donors (Lipinski definition) is 3. The van der Waals surface area contributed by atoms with Crippen molar-refractivity contribution in [3.63, 3.8) is 0 Å². The van der Waals surface area contributed by atoms with Crippen LogP contribution in [0.3, 0.4) is 0 Å². The van der Waals surface area contributed by atoms with E-state index < -0.39 is 0 Å². The molecule has 1 atom stereocenters. The van der Waals surface area contributed by atoms with Crippen LogP contribution in [0.15, 0.2) is 4.99 Å². The van der Waals surface area contributed by atoms with Crippen LogP contribution < -0.4 is 11.2 Å². The summed E-state index contributed by atoms with van der Waals surface area (Å²) in [6, 6.07) is 0. The summed E-state index contributed by atoms with van der Waals surface area (Å²) in [7, 11) is 0. The minimum Gasteiger partial charge on any atom is -0.377 e. The molecule has 0 rings (SSSR count). The first kappa shape index (κ1) is 10.2. The van der Waals surface area contributed by atoms with E-state index >= 15 is 0 Å². The van der Waals surface area contributed by atoms with Crippen LogP contribution in [0.4, 0.5) is 0 Å². The predicted molar refractivity (Wildman–Crippen MR) is 42.5 cm³/mol. The van der Waals surface area contributed by atoms with Crippen LogP contribution in [0.2, 0.25) is 0 Å². The van der Waals surface area contributed by atoms with E-state index in [0.29, 0.717) is 13.2 Å². The van der Waals surface area contributed by atoms with Gasteiger partial charge in [-0.2, -0.15) is 0 Å². The summed E-state index contributed by atoms with van der Waals surface area (Å²) < 4.78 is 5.16. The van der Waals surface area contributed by atoms with E-state index in [4.69, 9.17) is 15.7 Å². The zero-order valence-corrected chi connectivity index (χ0v) is 6.87. The Bertz CT molecular complexity index is 127. The molecule has 0 aromatic rings. The average Bonchev–Trinajstić information content (AvgIpc) is 2.01. The first-order valence-electron chi connectivity index (χ1n) is 3.52. The molecule has 0 fully saturated rings. The molecule has 0 aliphatic rings. The molecule has 66 valence electrons. The molecule has 5 nitrogen and oxygen atoms in total. The number of hydroxylamine groups is 1. The Balaban J connectivity index is 3.50. The summed E-state index contributed by atoms with van der Waals surface area (Å²) in [6.07, 6.45) is 0.0342. The molecule has 0 heterocycles. The maximum absolute atomic E-state index is 8.23. The number of aliphatic imine (C=N–C) groups is 1. The van der Waals surface area contributed by atoms with E-state index in [1.807, 2.05) is 13.8 Å². The van der Waals surface area contributed by atoms with Crippen molar-refractivity contribution in [2.75, 3.05) is 13.2 Å². The topological polar surface area (TPSA) is 79.9 Å². The lowest BCUT2D eigenvalue weighted by molar-refractivity contribution is 0.0826. The van der Waals surface area contributed by atoms with E-state index in [1.165, 1.54) is 0 Å². The van der Waals surface area contributed by atoms with Crippen molar-refractivity contribution >= 4 is 5.96 Å². The van der Waals surface area contributed by atoms with Crippen molar-refractivity contribution in [2.24, 2.45) is 10.7 Å². The predicted octanol–water partition coefficient (Wildman–Crippen LogP) is -0.295. The SMILES string of the molecule is CCOC(C)CN=C(N)NO. The fourth-order valence-electron chi connectivity index (χ4n) is 0.599. The van der Waals surface area contributed by atoms with Gasteiger partial charge in [-0.15, -0.1) is 0 Å². The third-order valence-electron chi connectivity index (χ3n) is 1.08. The molecule has 0 aliphatic heterocycles. The maximum atomic E-state index is 8.23. The second-order valence-corrected chi connectivity index (χ2v) is 2.10. The van der Waals surface area contributed by atoms with Gasteiger partial charge in [-0.1, -0.05) is 0 Å². The molecule has 0 aromatic carbocycles. The minimum atomic E-state index is 0.0107. The Kier molecular flexibility index (Phi) is 5.50. The van der Waals surface area contributed by atoms with Gasteiger partial charge in [0, 0.05) is 6.61 Å².